The summed E-state index contributed by atoms with van der Waals surface area (Å²) in [5.74, 6) is 0. The van der Waals surface area contributed by atoms with Crippen molar-refractivity contribution < 1.29 is 0 Å². The maximum Gasteiger partial charge on any atom is 0.177 e. The summed E-state index contributed by atoms with van der Waals surface area (Å²) < 4.78 is 2.73. The van der Waals surface area contributed by atoms with Gasteiger partial charge in [-0.15, -0.1) is 0 Å². The Hall–Kier alpha value is -1.06. The Morgan fingerprint density at radius 1 is 1.47 bits per heavy atom. The van der Waals surface area contributed by atoms with Crippen LogP contribution in [-0.4, -0.2) is 9.55 Å². The van der Waals surface area contributed by atoms with Crippen molar-refractivity contribution >= 4 is 23.8 Å². The van der Waals surface area contributed by atoms with Crippen LogP contribution in [0.25, 0.3) is 0 Å². The molecule has 0 aliphatic heterocycles. The number of hydrogen-bond acceptors (Lipinski definition) is 1. The van der Waals surface area contributed by atoms with E-state index in [0.717, 1.165) is 15.4 Å². The molecule has 1 N–H and O–H groups in total. The van der Waals surface area contributed by atoms with Gasteiger partial charge in [-0.05, 0) is 36.8 Å². The van der Waals surface area contributed by atoms with Gasteiger partial charge in [0.2, 0.25) is 0 Å². The number of rotatable bonds is 2. The van der Waals surface area contributed by atoms with Gasteiger partial charge < -0.3 is 9.55 Å². The van der Waals surface area contributed by atoms with Gasteiger partial charge in [0, 0.05) is 17.4 Å². The SMILES string of the molecule is CC(c1cccc(Cl)c1)n1cc[nH]c1=S. The van der Waals surface area contributed by atoms with Crippen LogP contribution in [0.5, 0.6) is 0 Å². The molecular weight excluding hydrogens is 228 g/mol. The van der Waals surface area contributed by atoms with E-state index in [2.05, 4.69) is 11.9 Å². The van der Waals surface area contributed by atoms with Crippen molar-refractivity contribution in [1.82, 2.24) is 9.55 Å². The van der Waals surface area contributed by atoms with E-state index in [1.54, 1.807) is 0 Å². The van der Waals surface area contributed by atoms with E-state index in [4.69, 9.17) is 23.8 Å². The number of halogens is 1. The van der Waals surface area contributed by atoms with Gasteiger partial charge in [-0.3, -0.25) is 0 Å². The lowest BCUT2D eigenvalue weighted by molar-refractivity contribution is 0.630. The minimum Gasteiger partial charge on any atom is -0.337 e. The Bertz CT molecular complexity index is 515. The number of nitrogens with zero attached hydrogens (tertiary/aromatic N) is 1. The highest BCUT2D eigenvalue weighted by Crippen LogP contribution is 2.21. The fourth-order valence-electron chi connectivity index (χ4n) is 1.56. The zero-order valence-electron chi connectivity index (χ0n) is 8.27. The first-order valence-corrected chi connectivity index (χ1v) is 5.48. The highest BCUT2D eigenvalue weighted by molar-refractivity contribution is 7.71. The summed E-state index contributed by atoms with van der Waals surface area (Å²) in [7, 11) is 0. The first-order valence-electron chi connectivity index (χ1n) is 4.69. The van der Waals surface area contributed by atoms with Crippen molar-refractivity contribution in [3.05, 3.63) is 52.0 Å². The van der Waals surface area contributed by atoms with Crippen molar-refractivity contribution in [2.24, 2.45) is 0 Å². The molecule has 1 unspecified atom stereocenters. The molecule has 15 heavy (non-hydrogen) atoms. The van der Waals surface area contributed by atoms with Crippen LogP contribution in [-0.2, 0) is 0 Å². The molecule has 1 aromatic carbocycles. The molecule has 2 nitrogen and oxygen atoms in total. The second kappa shape index (κ2) is 4.21. The zero-order chi connectivity index (χ0) is 10.8. The molecule has 78 valence electrons. The standard InChI is InChI=1S/C11H11ClN2S/c1-8(14-6-5-13-11(14)15)9-3-2-4-10(12)7-9/h2-8H,1H3,(H,13,15). The average Bonchev–Trinajstić information content (AvgIpc) is 2.63. The second-order valence-corrected chi connectivity index (χ2v) is 4.23. The Morgan fingerprint density at radius 3 is 2.87 bits per heavy atom. The molecule has 0 bridgehead atoms. The highest BCUT2D eigenvalue weighted by Gasteiger charge is 2.07. The van der Waals surface area contributed by atoms with E-state index in [1.165, 1.54) is 0 Å². The van der Waals surface area contributed by atoms with Crippen LogP contribution in [0, 0.1) is 4.77 Å². The molecule has 0 aliphatic carbocycles. The van der Waals surface area contributed by atoms with Crippen molar-refractivity contribution in [3.8, 4) is 0 Å². The first-order chi connectivity index (χ1) is 7.18. The maximum atomic E-state index is 5.95. The quantitative estimate of drug-likeness (QED) is 0.790. The molecule has 4 heteroatoms. The maximum absolute atomic E-state index is 5.95. The molecule has 1 heterocycles. The molecule has 1 aromatic heterocycles. The van der Waals surface area contributed by atoms with Crippen LogP contribution >= 0.6 is 23.8 Å². The monoisotopic (exact) mass is 238 g/mol. The number of nitrogens with one attached hydrogen (secondary N) is 1. The smallest absolute Gasteiger partial charge is 0.177 e. The van der Waals surface area contributed by atoms with E-state index in [0.29, 0.717) is 0 Å². The predicted octanol–water partition coefficient (Wildman–Crippen LogP) is 3.81. The highest BCUT2D eigenvalue weighted by atomic mass is 35.5. The third-order valence-electron chi connectivity index (χ3n) is 2.42. The van der Waals surface area contributed by atoms with Gasteiger partial charge in [0.1, 0.15) is 0 Å². The van der Waals surface area contributed by atoms with Crippen LogP contribution in [0.2, 0.25) is 5.02 Å². The largest absolute Gasteiger partial charge is 0.337 e. The van der Waals surface area contributed by atoms with Crippen molar-refractivity contribution in [2.45, 2.75) is 13.0 Å². The number of benzene rings is 1. The number of aromatic amines is 1. The molecule has 2 aromatic rings. The zero-order valence-corrected chi connectivity index (χ0v) is 9.85. The molecule has 1 atom stereocenters. The summed E-state index contributed by atoms with van der Waals surface area (Å²) in [4.78, 5) is 2.98. The van der Waals surface area contributed by atoms with E-state index in [9.17, 15) is 0 Å². The predicted molar refractivity (Wildman–Crippen MR) is 64.9 cm³/mol. The fraction of sp³-hybridized carbons (Fsp3) is 0.182. The van der Waals surface area contributed by atoms with Crippen LogP contribution in [0.3, 0.4) is 0 Å². The van der Waals surface area contributed by atoms with Crippen LogP contribution < -0.4 is 0 Å². The van der Waals surface area contributed by atoms with Gasteiger partial charge in [0.25, 0.3) is 0 Å². The molecule has 0 saturated carbocycles. The van der Waals surface area contributed by atoms with E-state index in [1.807, 2.05) is 41.2 Å². The molecule has 0 saturated heterocycles. The lowest BCUT2D eigenvalue weighted by Crippen LogP contribution is -2.05. The summed E-state index contributed by atoms with van der Waals surface area (Å²) in [6.45, 7) is 2.09. The molecule has 0 aliphatic rings. The summed E-state index contributed by atoms with van der Waals surface area (Å²) in [6.07, 6.45) is 3.78. The number of hydrogen-bond donors (Lipinski definition) is 1. The van der Waals surface area contributed by atoms with Crippen molar-refractivity contribution in [2.75, 3.05) is 0 Å². The second-order valence-electron chi connectivity index (χ2n) is 3.40. The van der Waals surface area contributed by atoms with Gasteiger partial charge in [-0.1, -0.05) is 23.7 Å². The van der Waals surface area contributed by atoms with Crippen molar-refractivity contribution in [3.63, 3.8) is 0 Å². The number of imidazole rings is 1. The molecule has 2 rings (SSSR count). The van der Waals surface area contributed by atoms with Gasteiger partial charge in [-0.2, -0.15) is 0 Å². The summed E-state index contributed by atoms with van der Waals surface area (Å²) in [5.41, 5.74) is 1.15. The Labute approximate surface area is 98.5 Å². The number of H-pyrrole nitrogens is 1. The Morgan fingerprint density at radius 2 is 2.27 bits per heavy atom. The first kappa shape index (κ1) is 10.5. The van der Waals surface area contributed by atoms with Crippen LogP contribution in [0.1, 0.15) is 18.5 Å². The van der Waals surface area contributed by atoms with Gasteiger partial charge in [-0.25, -0.2) is 0 Å². The number of aromatic nitrogens is 2. The normalized spacial score (nSPS) is 12.7. The van der Waals surface area contributed by atoms with Gasteiger partial charge in [0.05, 0.1) is 6.04 Å². The van der Waals surface area contributed by atoms with Crippen LogP contribution in [0.15, 0.2) is 36.7 Å². The minimum absolute atomic E-state index is 0.197. The Balaban J connectivity index is 2.41. The summed E-state index contributed by atoms with van der Waals surface area (Å²) in [5, 5.41) is 0.751. The molecule has 0 amide bonds. The summed E-state index contributed by atoms with van der Waals surface area (Å²) >= 11 is 11.1. The Kier molecular flexibility index (Phi) is 2.93. The molecule has 0 spiro atoms. The lowest BCUT2D eigenvalue weighted by Gasteiger charge is -2.13. The van der Waals surface area contributed by atoms with Gasteiger partial charge >= 0.3 is 0 Å². The summed E-state index contributed by atoms with van der Waals surface area (Å²) in [6, 6.07) is 8.02. The molecular formula is C11H11ClN2S. The average molecular weight is 239 g/mol. The van der Waals surface area contributed by atoms with E-state index >= 15 is 0 Å². The third-order valence-corrected chi connectivity index (χ3v) is 2.99. The van der Waals surface area contributed by atoms with E-state index < -0.39 is 0 Å². The fourth-order valence-corrected chi connectivity index (χ4v) is 2.05. The minimum atomic E-state index is 0.197. The lowest BCUT2D eigenvalue weighted by atomic mass is 10.1. The van der Waals surface area contributed by atoms with Gasteiger partial charge in [0.15, 0.2) is 4.77 Å². The molecule has 0 fully saturated rings. The third kappa shape index (κ3) is 2.13. The van der Waals surface area contributed by atoms with E-state index in [-0.39, 0.29) is 6.04 Å². The molecule has 0 radical (unpaired) electrons. The van der Waals surface area contributed by atoms with Crippen LogP contribution in [0.4, 0.5) is 0 Å². The van der Waals surface area contributed by atoms with Crippen molar-refractivity contribution in [1.29, 1.82) is 0 Å². The topological polar surface area (TPSA) is 20.7 Å².